The Bertz CT molecular complexity index is 2820. The Labute approximate surface area is 284 Å². The molecule has 0 aliphatic heterocycles. The Morgan fingerprint density at radius 3 is 1.47 bits per heavy atom. The maximum Gasteiger partial charge on any atom is 0.0542 e. The SMILES string of the molecule is c1ccc(N(c2ccc3c(c2)c2ccccc2n3-c2ccccc2)c2ccc3c(c2)c2ccccc2n3-c2cccc3ccccc23)cc1. The van der Waals surface area contributed by atoms with E-state index in [-0.39, 0.29) is 0 Å². The van der Waals surface area contributed by atoms with Gasteiger partial charge >= 0.3 is 0 Å². The summed E-state index contributed by atoms with van der Waals surface area (Å²) < 4.78 is 4.80. The molecule has 0 saturated carbocycles. The summed E-state index contributed by atoms with van der Waals surface area (Å²) in [5.41, 5.74) is 10.5. The number of rotatable bonds is 5. The standard InChI is InChI=1S/C46H31N3/c1-3-16-33(17-4-1)47(35-26-28-45-40(30-35)38-21-9-11-23-43(38)48(45)34-18-5-2-6-19-34)36-27-29-46-41(31-36)39-22-10-12-24-44(39)49(46)42-25-13-15-32-14-7-8-20-37(32)42/h1-31H. The molecule has 10 aromatic rings. The lowest BCUT2D eigenvalue weighted by Gasteiger charge is -2.26. The molecule has 3 nitrogen and oxygen atoms in total. The van der Waals surface area contributed by atoms with Gasteiger partial charge in [0.05, 0.1) is 27.8 Å². The molecule has 0 atom stereocenters. The second-order valence-electron chi connectivity index (χ2n) is 12.6. The molecule has 0 spiro atoms. The van der Waals surface area contributed by atoms with E-state index < -0.39 is 0 Å². The van der Waals surface area contributed by atoms with Crippen LogP contribution in [0.5, 0.6) is 0 Å². The largest absolute Gasteiger partial charge is 0.310 e. The van der Waals surface area contributed by atoms with E-state index in [2.05, 4.69) is 202 Å². The van der Waals surface area contributed by atoms with Crippen LogP contribution < -0.4 is 4.90 Å². The summed E-state index contributed by atoms with van der Waals surface area (Å²) in [6.07, 6.45) is 0. The molecule has 0 aliphatic rings. The quantitative estimate of drug-likeness (QED) is 0.185. The number of fused-ring (bicyclic) bond motifs is 7. The first kappa shape index (κ1) is 27.5. The van der Waals surface area contributed by atoms with Crippen LogP contribution in [-0.4, -0.2) is 9.13 Å². The van der Waals surface area contributed by atoms with Crippen molar-refractivity contribution in [1.29, 1.82) is 0 Å². The van der Waals surface area contributed by atoms with Crippen molar-refractivity contribution in [3.05, 3.63) is 188 Å². The number of nitrogens with zero attached hydrogens (tertiary/aromatic N) is 3. The van der Waals surface area contributed by atoms with Gasteiger partial charge in [-0.05, 0) is 84.2 Å². The van der Waals surface area contributed by atoms with Gasteiger partial charge in [0.2, 0.25) is 0 Å². The van der Waals surface area contributed by atoms with E-state index in [0.717, 1.165) is 22.7 Å². The predicted molar refractivity (Wildman–Crippen MR) is 207 cm³/mol. The maximum atomic E-state index is 2.42. The molecule has 8 aromatic carbocycles. The summed E-state index contributed by atoms with van der Waals surface area (Å²) in [4.78, 5) is 2.39. The molecule has 2 aromatic heterocycles. The van der Waals surface area contributed by atoms with Crippen molar-refractivity contribution < 1.29 is 0 Å². The zero-order valence-electron chi connectivity index (χ0n) is 26.7. The first-order valence-corrected chi connectivity index (χ1v) is 16.8. The van der Waals surface area contributed by atoms with Crippen LogP contribution in [-0.2, 0) is 0 Å². The van der Waals surface area contributed by atoms with Crippen LogP contribution in [0.15, 0.2) is 188 Å². The van der Waals surface area contributed by atoms with E-state index in [1.807, 2.05) is 0 Å². The highest BCUT2D eigenvalue weighted by Gasteiger charge is 2.20. The predicted octanol–water partition coefficient (Wildman–Crippen LogP) is 12.5. The van der Waals surface area contributed by atoms with E-state index in [4.69, 9.17) is 0 Å². The molecule has 2 heterocycles. The molecule has 0 unspecified atom stereocenters. The Morgan fingerprint density at radius 1 is 0.306 bits per heavy atom. The molecular weight excluding hydrogens is 595 g/mol. The number of hydrogen-bond acceptors (Lipinski definition) is 1. The summed E-state index contributed by atoms with van der Waals surface area (Å²) in [6, 6.07) is 67.9. The number of para-hydroxylation sites is 4. The summed E-state index contributed by atoms with van der Waals surface area (Å²) >= 11 is 0. The second-order valence-corrected chi connectivity index (χ2v) is 12.6. The lowest BCUT2D eigenvalue weighted by Crippen LogP contribution is -2.09. The number of anilines is 3. The zero-order valence-corrected chi connectivity index (χ0v) is 26.7. The second kappa shape index (κ2) is 11.0. The molecule has 230 valence electrons. The first-order chi connectivity index (χ1) is 24.3. The van der Waals surface area contributed by atoms with E-state index in [1.165, 1.54) is 60.1 Å². The summed E-state index contributed by atoms with van der Waals surface area (Å²) in [6.45, 7) is 0. The van der Waals surface area contributed by atoms with E-state index >= 15 is 0 Å². The van der Waals surface area contributed by atoms with E-state index in [9.17, 15) is 0 Å². The minimum Gasteiger partial charge on any atom is -0.310 e. The van der Waals surface area contributed by atoms with Gasteiger partial charge < -0.3 is 14.0 Å². The van der Waals surface area contributed by atoms with Crippen LogP contribution in [0.4, 0.5) is 17.1 Å². The van der Waals surface area contributed by atoms with Crippen molar-refractivity contribution in [3.63, 3.8) is 0 Å². The molecule has 0 aliphatic carbocycles. The Morgan fingerprint density at radius 2 is 0.796 bits per heavy atom. The van der Waals surface area contributed by atoms with Gasteiger partial charge in [0.25, 0.3) is 0 Å². The molecule has 10 rings (SSSR count). The summed E-state index contributed by atoms with van der Waals surface area (Å²) in [5, 5.41) is 7.41. The zero-order chi connectivity index (χ0) is 32.3. The average molecular weight is 626 g/mol. The van der Waals surface area contributed by atoms with Gasteiger partial charge in [0, 0.05) is 49.7 Å². The Hall–Kier alpha value is -6.58. The molecule has 3 heteroatoms. The van der Waals surface area contributed by atoms with Crippen molar-refractivity contribution in [1.82, 2.24) is 9.13 Å². The highest BCUT2D eigenvalue weighted by molar-refractivity contribution is 6.13. The fourth-order valence-corrected chi connectivity index (χ4v) is 7.74. The Kier molecular flexibility index (Phi) is 6.18. The van der Waals surface area contributed by atoms with Crippen molar-refractivity contribution in [2.24, 2.45) is 0 Å². The van der Waals surface area contributed by atoms with E-state index in [1.54, 1.807) is 0 Å². The molecule has 0 bridgehead atoms. The van der Waals surface area contributed by atoms with Gasteiger partial charge in [-0.15, -0.1) is 0 Å². The lowest BCUT2D eigenvalue weighted by molar-refractivity contribution is 1.18. The fraction of sp³-hybridized carbons (Fsp3) is 0. The monoisotopic (exact) mass is 625 g/mol. The average Bonchev–Trinajstić information content (AvgIpc) is 3.68. The molecule has 0 saturated heterocycles. The topological polar surface area (TPSA) is 13.1 Å². The van der Waals surface area contributed by atoms with Gasteiger partial charge in [-0.1, -0.05) is 109 Å². The van der Waals surface area contributed by atoms with Gasteiger partial charge in [0.15, 0.2) is 0 Å². The maximum absolute atomic E-state index is 2.42. The van der Waals surface area contributed by atoms with Crippen molar-refractivity contribution in [2.45, 2.75) is 0 Å². The van der Waals surface area contributed by atoms with Crippen molar-refractivity contribution >= 4 is 71.4 Å². The van der Waals surface area contributed by atoms with Crippen LogP contribution in [0.1, 0.15) is 0 Å². The number of hydrogen-bond donors (Lipinski definition) is 0. The van der Waals surface area contributed by atoms with E-state index in [0.29, 0.717) is 0 Å². The normalized spacial score (nSPS) is 11.7. The third-order valence-corrected chi connectivity index (χ3v) is 9.87. The van der Waals surface area contributed by atoms with Gasteiger partial charge in [-0.2, -0.15) is 0 Å². The third kappa shape index (κ3) is 4.29. The molecule has 0 N–H and O–H groups in total. The third-order valence-electron chi connectivity index (χ3n) is 9.87. The highest BCUT2D eigenvalue weighted by atomic mass is 15.1. The van der Waals surface area contributed by atoms with Crippen LogP contribution in [0.25, 0.3) is 65.8 Å². The molecule has 0 amide bonds. The highest BCUT2D eigenvalue weighted by Crippen LogP contribution is 2.42. The van der Waals surface area contributed by atoms with Crippen LogP contribution in [0, 0.1) is 0 Å². The summed E-state index contributed by atoms with van der Waals surface area (Å²) in [7, 11) is 0. The molecule has 0 radical (unpaired) electrons. The minimum atomic E-state index is 1.12. The van der Waals surface area contributed by atoms with Gasteiger partial charge in [0.1, 0.15) is 0 Å². The molecular formula is C46H31N3. The first-order valence-electron chi connectivity index (χ1n) is 16.8. The van der Waals surface area contributed by atoms with Crippen LogP contribution >= 0.6 is 0 Å². The Balaban J connectivity index is 1.21. The van der Waals surface area contributed by atoms with Crippen LogP contribution in [0.2, 0.25) is 0 Å². The van der Waals surface area contributed by atoms with Crippen molar-refractivity contribution in [2.75, 3.05) is 4.90 Å². The number of aromatic nitrogens is 2. The molecule has 49 heavy (non-hydrogen) atoms. The van der Waals surface area contributed by atoms with Crippen molar-refractivity contribution in [3.8, 4) is 11.4 Å². The smallest absolute Gasteiger partial charge is 0.0542 e. The van der Waals surface area contributed by atoms with Crippen LogP contribution in [0.3, 0.4) is 0 Å². The minimum absolute atomic E-state index is 1.12. The number of benzene rings is 8. The van der Waals surface area contributed by atoms with Gasteiger partial charge in [-0.3, -0.25) is 0 Å². The lowest BCUT2D eigenvalue weighted by atomic mass is 10.1. The fourth-order valence-electron chi connectivity index (χ4n) is 7.74. The summed E-state index contributed by atoms with van der Waals surface area (Å²) in [5.74, 6) is 0. The van der Waals surface area contributed by atoms with Gasteiger partial charge in [-0.25, -0.2) is 0 Å². The molecule has 0 fully saturated rings.